The van der Waals surface area contributed by atoms with Gasteiger partial charge in [0.1, 0.15) is 17.2 Å². The second-order valence-corrected chi connectivity index (χ2v) is 6.70. The van der Waals surface area contributed by atoms with Crippen LogP contribution >= 0.6 is 0 Å². The van der Waals surface area contributed by atoms with Crippen molar-refractivity contribution in [1.29, 1.82) is 0 Å². The van der Waals surface area contributed by atoms with E-state index in [2.05, 4.69) is 17.6 Å². The molecule has 0 fully saturated rings. The molecule has 3 rings (SSSR count). The molecule has 0 saturated carbocycles. The third-order valence-corrected chi connectivity index (χ3v) is 4.34. The van der Waals surface area contributed by atoms with E-state index in [1.807, 2.05) is 85.8 Å². The molecule has 0 aromatic heterocycles. The van der Waals surface area contributed by atoms with E-state index in [-0.39, 0.29) is 18.6 Å². The van der Waals surface area contributed by atoms with E-state index < -0.39 is 0 Å². The highest BCUT2D eigenvalue weighted by molar-refractivity contribution is 5.93. The van der Waals surface area contributed by atoms with Crippen LogP contribution < -0.4 is 20.1 Å². The summed E-state index contributed by atoms with van der Waals surface area (Å²) in [5, 5.41) is 5.98. The van der Waals surface area contributed by atoms with Crippen LogP contribution in [0.5, 0.6) is 17.2 Å². The summed E-state index contributed by atoms with van der Waals surface area (Å²) in [6.07, 6.45) is 1.12. The van der Waals surface area contributed by atoms with E-state index in [0.29, 0.717) is 0 Å². The van der Waals surface area contributed by atoms with E-state index in [9.17, 15) is 4.79 Å². The second kappa shape index (κ2) is 10.2. The van der Waals surface area contributed by atoms with Gasteiger partial charge in [-0.05, 0) is 74.0 Å². The number of benzene rings is 3. The van der Waals surface area contributed by atoms with Crippen LogP contribution in [-0.2, 0) is 4.79 Å². The molecule has 5 nitrogen and oxygen atoms in total. The number of hydrogen-bond donors (Lipinski definition) is 2. The summed E-state index contributed by atoms with van der Waals surface area (Å²) >= 11 is 0. The highest BCUT2D eigenvalue weighted by Gasteiger charge is 2.05. The van der Waals surface area contributed by atoms with Crippen molar-refractivity contribution in [3.63, 3.8) is 0 Å². The molecule has 3 aromatic rings. The number of hydrogen-bond acceptors (Lipinski definition) is 4. The number of rotatable bonds is 9. The van der Waals surface area contributed by atoms with E-state index in [1.54, 1.807) is 0 Å². The van der Waals surface area contributed by atoms with Gasteiger partial charge in [0.05, 0.1) is 12.6 Å². The van der Waals surface area contributed by atoms with Gasteiger partial charge in [-0.1, -0.05) is 25.1 Å². The van der Waals surface area contributed by atoms with Crippen molar-refractivity contribution in [3.05, 3.63) is 78.9 Å². The molecule has 150 valence electrons. The average Bonchev–Trinajstić information content (AvgIpc) is 2.75. The fraction of sp³-hybridized carbons (Fsp3) is 0.208. The van der Waals surface area contributed by atoms with Gasteiger partial charge in [-0.2, -0.15) is 0 Å². The molecule has 0 aliphatic heterocycles. The first-order chi connectivity index (χ1) is 14.1. The highest BCUT2D eigenvalue weighted by Crippen LogP contribution is 2.22. The van der Waals surface area contributed by atoms with Gasteiger partial charge in [0.25, 0.3) is 0 Å². The van der Waals surface area contributed by atoms with Gasteiger partial charge in [0.15, 0.2) is 0 Å². The normalized spacial score (nSPS) is 11.4. The van der Waals surface area contributed by atoms with Gasteiger partial charge >= 0.3 is 0 Å². The first kappa shape index (κ1) is 20.3. The van der Waals surface area contributed by atoms with Gasteiger partial charge in [0.2, 0.25) is 5.91 Å². The van der Waals surface area contributed by atoms with Crippen LogP contribution in [0.2, 0.25) is 0 Å². The minimum Gasteiger partial charge on any atom is -0.491 e. The molecule has 2 N–H and O–H groups in total. The van der Waals surface area contributed by atoms with Crippen LogP contribution in [0.4, 0.5) is 11.4 Å². The summed E-state index contributed by atoms with van der Waals surface area (Å²) in [5.41, 5.74) is 1.58. The van der Waals surface area contributed by atoms with Gasteiger partial charge in [-0.25, -0.2) is 0 Å². The molecule has 0 bridgehead atoms. The Labute approximate surface area is 171 Å². The Balaban J connectivity index is 1.45. The van der Waals surface area contributed by atoms with Crippen molar-refractivity contribution in [2.75, 3.05) is 17.2 Å². The lowest BCUT2D eigenvalue weighted by molar-refractivity contribution is -0.114. The first-order valence-electron chi connectivity index (χ1n) is 9.76. The SMILES string of the molecule is CCC(C)Oc1ccc(NC(=O)CNc2ccc(Oc3ccccc3)cc2)cc1. The number of anilines is 2. The van der Waals surface area contributed by atoms with Crippen molar-refractivity contribution >= 4 is 17.3 Å². The molecule has 29 heavy (non-hydrogen) atoms. The Kier molecular flexibility index (Phi) is 7.11. The fourth-order valence-corrected chi connectivity index (χ4v) is 2.59. The molecule has 0 aliphatic rings. The maximum Gasteiger partial charge on any atom is 0.243 e. The van der Waals surface area contributed by atoms with Crippen LogP contribution in [0.15, 0.2) is 78.9 Å². The van der Waals surface area contributed by atoms with Crippen molar-refractivity contribution in [3.8, 4) is 17.2 Å². The molecule has 1 atom stereocenters. The molecular formula is C24H26N2O3. The molecule has 1 unspecified atom stereocenters. The summed E-state index contributed by atoms with van der Waals surface area (Å²) in [6, 6.07) is 24.5. The van der Waals surface area contributed by atoms with Crippen molar-refractivity contribution < 1.29 is 14.3 Å². The maximum atomic E-state index is 12.2. The third kappa shape index (κ3) is 6.57. The molecule has 0 heterocycles. The molecule has 1 amide bonds. The molecule has 0 spiro atoms. The van der Waals surface area contributed by atoms with Crippen LogP contribution in [0, 0.1) is 0 Å². The summed E-state index contributed by atoms with van der Waals surface area (Å²) in [6.45, 7) is 4.28. The van der Waals surface area contributed by atoms with E-state index in [1.165, 1.54) is 0 Å². The summed E-state index contributed by atoms with van der Waals surface area (Å²) < 4.78 is 11.5. The highest BCUT2D eigenvalue weighted by atomic mass is 16.5. The lowest BCUT2D eigenvalue weighted by Gasteiger charge is -2.13. The summed E-state index contributed by atoms with van der Waals surface area (Å²) in [7, 11) is 0. The fourth-order valence-electron chi connectivity index (χ4n) is 2.59. The Hall–Kier alpha value is -3.47. The van der Waals surface area contributed by atoms with E-state index in [4.69, 9.17) is 9.47 Å². The predicted octanol–water partition coefficient (Wildman–Crippen LogP) is 5.71. The third-order valence-electron chi connectivity index (χ3n) is 4.34. The second-order valence-electron chi connectivity index (χ2n) is 6.70. The largest absolute Gasteiger partial charge is 0.491 e. The first-order valence-corrected chi connectivity index (χ1v) is 9.76. The minimum absolute atomic E-state index is 0.120. The maximum absolute atomic E-state index is 12.2. The monoisotopic (exact) mass is 390 g/mol. The van der Waals surface area contributed by atoms with Gasteiger partial charge < -0.3 is 20.1 Å². The standard InChI is InChI=1S/C24H26N2O3/c1-3-18(2)28-22-15-11-20(12-16-22)26-24(27)17-25-19-9-13-23(14-10-19)29-21-7-5-4-6-8-21/h4-16,18,25H,3,17H2,1-2H3,(H,26,27). The van der Waals surface area contributed by atoms with Crippen molar-refractivity contribution in [2.45, 2.75) is 26.4 Å². The lowest BCUT2D eigenvalue weighted by Crippen LogP contribution is -2.21. The van der Waals surface area contributed by atoms with Crippen molar-refractivity contribution in [1.82, 2.24) is 0 Å². The number of carbonyl (C=O) groups excluding carboxylic acids is 1. The predicted molar refractivity (Wildman–Crippen MR) is 117 cm³/mol. The average molecular weight is 390 g/mol. The molecule has 3 aromatic carbocycles. The number of amides is 1. The van der Waals surface area contributed by atoms with Crippen LogP contribution in [0.25, 0.3) is 0 Å². The summed E-state index contributed by atoms with van der Waals surface area (Å²) in [5.74, 6) is 2.21. The zero-order valence-electron chi connectivity index (χ0n) is 16.7. The molecule has 0 saturated heterocycles. The minimum atomic E-state index is -0.120. The summed E-state index contributed by atoms with van der Waals surface area (Å²) in [4.78, 5) is 12.2. The van der Waals surface area contributed by atoms with Crippen LogP contribution in [-0.4, -0.2) is 18.6 Å². The quantitative estimate of drug-likeness (QED) is 0.491. The number of carbonyl (C=O) groups is 1. The Morgan fingerprint density at radius 3 is 2.07 bits per heavy atom. The number of ether oxygens (including phenoxy) is 2. The smallest absolute Gasteiger partial charge is 0.243 e. The molecule has 5 heteroatoms. The Morgan fingerprint density at radius 1 is 0.828 bits per heavy atom. The van der Waals surface area contributed by atoms with Gasteiger partial charge in [0, 0.05) is 11.4 Å². The van der Waals surface area contributed by atoms with Crippen molar-refractivity contribution in [2.24, 2.45) is 0 Å². The molecular weight excluding hydrogens is 364 g/mol. The lowest BCUT2D eigenvalue weighted by atomic mass is 10.2. The number of para-hydroxylation sites is 1. The molecule has 0 radical (unpaired) electrons. The zero-order chi connectivity index (χ0) is 20.5. The van der Waals surface area contributed by atoms with Crippen LogP contribution in [0.1, 0.15) is 20.3 Å². The van der Waals surface area contributed by atoms with E-state index in [0.717, 1.165) is 35.0 Å². The number of nitrogens with one attached hydrogen (secondary N) is 2. The van der Waals surface area contributed by atoms with Crippen LogP contribution in [0.3, 0.4) is 0 Å². The Bertz CT molecular complexity index is 894. The Morgan fingerprint density at radius 2 is 1.41 bits per heavy atom. The zero-order valence-corrected chi connectivity index (χ0v) is 16.7. The topological polar surface area (TPSA) is 59.6 Å². The van der Waals surface area contributed by atoms with E-state index >= 15 is 0 Å². The molecule has 0 aliphatic carbocycles. The van der Waals surface area contributed by atoms with Gasteiger partial charge in [-0.3, -0.25) is 4.79 Å². The van der Waals surface area contributed by atoms with Gasteiger partial charge in [-0.15, -0.1) is 0 Å².